The third-order valence-corrected chi connectivity index (χ3v) is 4.61. The number of carbonyl (C=O) groups is 1. The normalized spacial score (nSPS) is 30.6. The number of alkyl halides is 2. The van der Waals surface area contributed by atoms with Gasteiger partial charge >= 0.3 is 0 Å². The smallest absolute Gasteiger partial charge is 0.251 e. The average Bonchev–Trinajstić information content (AvgIpc) is 3.19. The highest BCUT2D eigenvalue weighted by Crippen LogP contribution is 2.79. The van der Waals surface area contributed by atoms with Crippen molar-refractivity contribution in [2.45, 2.75) is 12.1 Å². The number of fused-ring (bicyclic) bond motifs is 1. The van der Waals surface area contributed by atoms with Crippen LogP contribution in [0.5, 0.6) is 0 Å². The predicted molar refractivity (Wildman–Crippen MR) is 76.2 cm³/mol. The van der Waals surface area contributed by atoms with Crippen LogP contribution in [0.1, 0.15) is 15.9 Å². The van der Waals surface area contributed by atoms with E-state index in [-0.39, 0.29) is 16.9 Å². The Balaban J connectivity index is 1.91. The molecule has 1 aromatic rings. The molecule has 1 fully saturated rings. The molecule has 0 aliphatic heterocycles. The molecule has 6 heteroatoms. The van der Waals surface area contributed by atoms with Crippen LogP contribution in [-0.2, 0) is 6.42 Å². The molecule has 1 saturated carbocycles. The molecule has 19 heavy (non-hydrogen) atoms. The first-order valence-corrected chi connectivity index (χ1v) is 6.63. The standard InChI is InChI=1S/C13H7B2Cl2FO/c14-8-2-9(15)7(11(17)19)1-6(8)3-12-4-10(12)13(12,18)5-16/h1-2,4H,3,5H2/t12-,13?/m1/s1. The second-order valence-electron chi connectivity index (χ2n) is 5.05. The Kier molecular flexibility index (Phi) is 2.72. The highest BCUT2D eigenvalue weighted by Gasteiger charge is 2.82. The van der Waals surface area contributed by atoms with Gasteiger partial charge in [-0.2, -0.15) is 0 Å². The molecule has 4 radical (unpaired) electrons. The molecule has 0 aromatic heterocycles. The molecule has 1 nitrogen and oxygen atoms in total. The first-order chi connectivity index (χ1) is 8.85. The predicted octanol–water partition coefficient (Wildman–Crippen LogP) is 1.08. The van der Waals surface area contributed by atoms with Gasteiger partial charge in [0, 0.05) is 5.56 Å². The van der Waals surface area contributed by atoms with E-state index in [0.717, 1.165) is 5.57 Å². The monoisotopic (exact) mass is 290 g/mol. The molecular weight excluding hydrogens is 284 g/mol. The van der Waals surface area contributed by atoms with Crippen LogP contribution < -0.4 is 10.9 Å². The van der Waals surface area contributed by atoms with E-state index < -0.39 is 16.3 Å². The van der Waals surface area contributed by atoms with Crippen LogP contribution in [0, 0.1) is 5.41 Å². The molecule has 2 atom stereocenters. The topological polar surface area (TPSA) is 17.1 Å². The summed E-state index contributed by atoms with van der Waals surface area (Å²) in [6.45, 7) is 0. The van der Waals surface area contributed by atoms with E-state index >= 15 is 0 Å². The minimum Gasteiger partial charge on any atom is -0.276 e. The highest BCUT2D eigenvalue weighted by molar-refractivity contribution is 6.69. The van der Waals surface area contributed by atoms with Gasteiger partial charge in [-0.1, -0.05) is 28.6 Å². The lowest BCUT2D eigenvalue weighted by atomic mass is 9.78. The molecule has 2 aliphatic carbocycles. The maximum Gasteiger partial charge on any atom is 0.251 e. The van der Waals surface area contributed by atoms with Crippen molar-refractivity contribution in [1.29, 1.82) is 0 Å². The van der Waals surface area contributed by atoms with E-state index in [0.29, 0.717) is 17.4 Å². The van der Waals surface area contributed by atoms with E-state index in [1.54, 1.807) is 0 Å². The number of allylic oxidation sites excluding steroid dienone is 2. The van der Waals surface area contributed by atoms with E-state index in [4.69, 9.17) is 38.9 Å². The number of hydrogen-bond donors (Lipinski definition) is 0. The van der Waals surface area contributed by atoms with Crippen molar-refractivity contribution in [3.63, 3.8) is 0 Å². The molecular formula is C13H7B2Cl2FO. The van der Waals surface area contributed by atoms with Gasteiger partial charge in [-0.25, -0.2) is 4.39 Å². The minimum atomic E-state index is -1.41. The van der Waals surface area contributed by atoms with Crippen LogP contribution in [0.4, 0.5) is 4.39 Å². The van der Waals surface area contributed by atoms with E-state index in [1.165, 1.54) is 12.1 Å². The summed E-state index contributed by atoms with van der Waals surface area (Å²) in [7, 11) is 11.5. The first-order valence-electron chi connectivity index (χ1n) is 5.72. The van der Waals surface area contributed by atoms with E-state index in [9.17, 15) is 9.18 Å². The van der Waals surface area contributed by atoms with Gasteiger partial charge in [0.25, 0.3) is 5.24 Å². The van der Waals surface area contributed by atoms with E-state index in [1.807, 2.05) is 6.08 Å². The van der Waals surface area contributed by atoms with Crippen LogP contribution in [0.15, 0.2) is 23.8 Å². The fraction of sp³-hybridized carbons (Fsp3) is 0.308. The number of halogens is 3. The molecule has 0 heterocycles. The fourth-order valence-corrected chi connectivity index (χ4v) is 3.22. The van der Waals surface area contributed by atoms with Gasteiger partial charge in [0.05, 0.1) is 11.3 Å². The Hall–Kier alpha value is -0.730. The Labute approximate surface area is 123 Å². The number of rotatable bonds is 4. The largest absolute Gasteiger partial charge is 0.276 e. The third-order valence-electron chi connectivity index (χ3n) is 4.04. The molecule has 92 valence electrons. The quantitative estimate of drug-likeness (QED) is 0.351. The molecule has 0 N–H and O–H groups in total. The molecule has 3 rings (SSSR count). The maximum absolute atomic E-state index is 14.1. The zero-order valence-corrected chi connectivity index (χ0v) is 11.4. The summed E-state index contributed by atoms with van der Waals surface area (Å²) >= 11 is 11.1. The van der Waals surface area contributed by atoms with E-state index in [2.05, 4.69) is 0 Å². The number of hydrogen-bond acceptors (Lipinski definition) is 1. The van der Waals surface area contributed by atoms with Crippen LogP contribution in [0.3, 0.4) is 0 Å². The fourth-order valence-electron chi connectivity index (χ4n) is 2.67. The van der Waals surface area contributed by atoms with Gasteiger partial charge in [0.15, 0.2) is 5.67 Å². The summed E-state index contributed by atoms with van der Waals surface area (Å²) in [6.07, 6.45) is 2.22. The Morgan fingerprint density at radius 3 is 2.47 bits per heavy atom. The van der Waals surface area contributed by atoms with Crippen LogP contribution in [-0.4, -0.2) is 32.5 Å². The summed E-state index contributed by atoms with van der Waals surface area (Å²) < 4.78 is 14.1. The Morgan fingerprint density at radius 1 is 1.32 bits per heavy atom. The zero-order chi connectivity index (χ0) is 14.0. The molecule has 1 aromatic carbocycles. The van der Waals surface area contributed by atoms with Crippen molar-refractivity contribution in [2.75, 3.05) is 5.88 Å². The SMILES string of the molecule is [B]c1cc([B])c(C(=O)Cl)cc1C[C@@]12C=C1C2(F)CCl. The number of benzene rings is 1. The minimum absolute atomic E-state index is 0.0605. The Bertz CT molecular complexity index is 646. The lowest BCUT2D eigenvalue weighted by Crippen LogP contribution is -2.26. The summed E-state index contributed by atoms with van der Waals surface area (Å²) in [5.41, 5.74) is 0.234. The Morgan fingerprint density at radius 2 is 2.00 bits per heavy atom. The van der Waals surface area contributed by atoms with Gasteiger partial charge in [-0.15, -0.1) is 11.6 Å². The second kappa shape index (κ2) is 3.89. The van der Waals surface area contributed by atoms with Crippen LogP contribution in [0.2, 0.25) is 0 Å². The lowest BCUT2D eigenvalue weighted by molar-refractivity contribution is 0.108. The van der Waals surface area contributed by atoms with Crippen LogP contribution >= 0.6 is 23.2 Å². The van der Waals surface area contributed by atoms with Crippen molar-refractivity contribution in [1.82, 2.24) is 0 Å². The van der Waals surface area contributed by atoms with Crippen molar-refractivity contribution in [3.8, 4) is 0 Å². The molecule has 1 unspecified atom stereocenters. The van der Waals surface area contributed by atoms with Crippen LogP contribution in [0.25, 0.3) is 0 Å². The average molecular weight is 291 g/mol. The second-order valence-corrected chi connectivity index (χ2v) is 5.66. The van der Waals surface area contributed by atoms with Crippen molar-refractivity contribution >= 4 is 55.1 Å². The molecule has 0 bridgehead atoms. The van der Waals surface area contributed by atoms with Gasteiger partial charge in [-0.05, 0) is 29.7 Å². The zero-order valence-electron chi connectivity index (χ0n) is 9.84. The van der Waals surface area contributed by atoms with Gasteiger partial charge in [0.1, 0.15) is 15.7 Å². The molecule has 0 spiro atoms. The van der Waals surface area contributed by atoms with Gasteiger partial charge in [0.2, 0.25) is 0 Å². The lowest BCUT2D eigenvalue weighted by Gasteiger charge is -2.16. The number of carbonyl (C=O) groups excluding carboxylic acids is 1. The molecule has 0 amide bonds. The summed E-state index contributed by atoms with van der Waals surface area (Å²) in [6, 6.07) is 3.01. The maximum atomic E-state index is 14.1. The summed E-state index contributed by atoms with van der Waals surface area (Å²) in [5, 5.41) is -0.653. The molecule has 2 aliphatic rings. The molecule has 0 saturated heterocycles. The van der Waals surface area contributed by atoms with Crippen molar-refractivity contribution in [3.05, 3.63) is 34.9 Å². The first kappa shape index (κ1) is 13.3. The van der Waals surface area contributed by atoms with Crippen molar-refractivity contribution in [2.24, 2.45) is 5.41 Å². The highest BCUT2D eigenvalue weighted by atomic mass is 35.5. The van der Waals surface area contributed by atoms with Crippen molar-refractivity contribution < 1.29 is 9.18 Å². The van der Waals surface area contributed by atoms with Gasteiger partial charge < -0.3 is 0 Å². The summed E-state index contributed by atoms with van der Waals surface area (Å²) in [4.78, 5) is 11.2. The third kappa shape index (κ3) is 1.66. The summed E-state index contributed by atoms with van der Waals surface area (Å²) in [5.74, 6) is -0.0605. The van der Waals surface area contributed by atoms with Gasteiger partial charge in [-0.3, -0.25) is 4.79 Å².